The van der Waals surface area contributed by atoms with E-state index in [-0.39, 0.29) is 68.4 Å². The van der Waals surface area contributed by atoms with Crippen LogP contribution in [0.3, 0.4) is 0 Å². The number of primary amides is 1. The standard InChI is InChI=1S/C47H73N15O14S/c1-22(2)15-33(46(75)76)60-44(73)34(20-77)61-42(71)31(17-26-19-52-21-54-26)58-40(69)29(7-6-14-53-47(50)51)56-38(67)24(5)55-41(70)32(18-35(49)64)59-45(74)37(23(3)4)62-43(72)30(16-25-8-10-27(63)11-9-25)57-39(68)28(48)12-13-36(65)66/h8-11,19,21-24,28-34,37,63,77H,6-7,12-18,20,48H2,1-5H3,(H2,49,64)(H,52,54)(H,55,70)(H,56,67)(H,57,68)(H,58,69)(H,59,74)(H,60,73)(H,61,71)(H,62,72)(H,65,66)(H,75,76)(H4,50,51,53)/t24-,28-,29-,30-,31-,32-,33-,34-,37-/m0/s1. The minimum atomic E-state index is -1.75. The summed E-state index contributed by atoms with van der Waals surface area (Å²) in [5.41, 5.74) is 23.1. The summed E-state index contributed by atoms with van der Waals surface area (Å²) in [4.78, 5) is 155. The topological polar surface area (TPSA) is 490 Å². The van der Waals surface area contributed by atoms with Crippen molar-refractivity contribution in [2.45, 2.75) is 140 Å². The highest BCUT2D eigenvalue weighted by Crippen LogP contribution is 2.14. The number of nitrogens with two attached hydrogens (primary N) is 4. The molecule has 1 aromatic carbocycles. The number of rotatable bonds is 34. The maximum Gasteiger partial charge on any atom is 0.326 e. The zero-order valence-corrected chi connectivity index (χ0v) is 44.3. The second-order valence-corrected chi connectivity index (χ2v) is 19.2. The molecule has 0 saturated carbocycles. The highest BCUT2D eigenvalue weighted by molar-refractivity contribution is 7.80. The number of nitrogens with one attached hydrogen (secondary N) is 9. The van der Waals surface area contributed by atoms with Crippen LogP contribution in [0, 0.1) is 11.8 Å². The quantitative estimate of drug-likeness (QED) is 0.0136. The molecule has 20 N–H and O–H groups in total. The molecule has 0 radical (unpaired) electrons. The summed E-state index contributed by atoms with van der Waals surface area (Å²) in [5, 5.41) is 48.2. The molecule has 0 aliphatic carbocycles. The van der Waals surface area contributed by atoms with Crippen molar-refractivity contribution in [1.29, 1.82) is 0 Å². The van der Waals surface area contributed by atoms with Crippen LogP contribution >= 0.6 is 12.6 Å². The van der Waals surface area contributed by atoms with Crippen molar-refractivity contribution in [2.75, 3.05) is 12.3 Å². The molecular weight excluding hydrogens is 1030 g/mol. The third kappa shape index (κ3) is 24.0. The third-order valence-electron chi connectivity index (χ3n) is 11.4. The number of thiol groups is 1. The van der Waals surface area contributed by atoms with E-state index < -0.39 is 138 Å². The third-order valence-corrected chi connectivity index (χ3v) is 11.7. The number of hydrogen-bond acceptors (Lipinski definition) is 16. The fraction of sp³-hybridized carbons (Fsp3) is 0.553. The van der Waals surface area contributed by atoms with Crippen molar-refractivity contribution >= 4 is 83.7 Å². The number of phenolic OH excluding ortho intramolecular Hbond substituents is 1. The minimum absolute atomic E-state index is 0.0119. The molecule has 9 amide bonds. The number of guanidine groups is 1. The van der Waals surface area contributed by atoms with Crippen molar-refractivity contribution in [3.8, 4) is 5.75 Å². The smallest absolute Gasteiger partial charge is 0.326 e. The second-order valence-electron chi connectivity index (χ2n) is 18.8. The molecule has 30 heteroatoms. The van der Waals surface area contributed by atoms with Gasteiger partial charge < -0.3 is 85.8 Å². The summed E-state index contributed by atoms with van der Waals surface area (Å²) in [6, 6.07) is -7.36. The van der Waals surface area contributed by atoms with Gasteiger partial charge in [0.05, 0.1) is 18.8 Å². The van der Waals surface area contributed by atoms with Gasteiger partial charge in [0.25, 0.3) is 0 Å². The first-order chi connectivity index (χ1) is 36.1. The lowest BCUT2D eigenvalue weighted by molar-refractivity contribution is -0.142. The zero-order valence-electron chi connectivity index (χ0n) is 43.4. The first kappa shape index (κ1) is 65.1. The molecule has 0 aliphatic rings. The van der Waals surface area contributed by atoms with E-state index in [0.717, 1.165) is 0 Å². The number of aromatic amines is 1. The van der Waals surface area contributed by atoms with Gasteiger partial charge in [0.2, 0.25) is 53.2 Å². The van der Waals surface area contributed by atoms with Crippen LogP contribution in [0.15, 0.2) is 41.8 Å². The molecule has 0 bridgehead atoms. The van der Waals surface area contributed by atoms with E-state index >= 15 is 0 Å². The fourth-order valence-corrected chi connectivity index (χ4v) is 7.46. The number of aliphatic imine (C=N–C) groups is 1. The van der Waals surface area contributed by atoms with Gasteiger partial charge in [-0.25, -0.2) is 9.78 Å². The highest BCUT2D eigenvalue weighted by Gasteiger charge is 2.36. The molecule has 2 aromatic rings. The molecule has 77 heavy (non-hydrogen) atoms. The Bertz CT molecular complexity index is 2390. The maximum absolute atomic E-state index is 14.1. The number of aromatic nitrogens is 2. The number of benzene rings is 1. The summed E-state index contributed by atoms with van der Waals surface area (Å²) in [6.07, 6.45) is 0.789. The van der Waals surface area contributed by atoms with Crippen LogP contribution in [-0.4, -0.2) is 163 Å². The summed E-state index contributed by atoms with van der Waals surface area (Å²) >= 11 is 4.17. The lowest BCUT2D eigenvalue weighted by Crippen LogP contribution is -2.61. The second kappa shape index (κ2) is 32.4. The van der Waals surface area contributed by atoms with E-state index in [4.69, 9.17) is 28.0 Å². The number of H-pyrrole nitrogens is 1. The molecular formula is C47H73N15O14S. The average Bonchev–Trinajstić information content (AvgIpc) is 3.87. The van der Waals surface area contributed by atoms with Crippen molar-refractivity contribution in [1.82, 2.24) is 52.5 Å². The number of carbonyl (C=O) groups excluding carboxylic acids is 9. The maximum atomic E-state index is 14.1. The van der Waals surface area contributed by atoms with Crippen molar-refractivity contribution in [2.24, 2.45) is 39.8 Å². The van der Waals surface area contributed by atoms with Gasteiger partial charge >= 0.3 is 11.9 Å². The number of hydrogen-bond donors (Lipinski definition) is 17. The van der Waals surface area contributed by atoms with Crippen molar-refractivity contribution < 1.29 is 68.1 Å². The number of aliphatic carboxylic acids is 2. The van der Waals surface area contributed by atoms with E-state index in [0.29, 0.717) is 11.3 Å². The van der Waals surface area contributed by atoms with Crippen molar-refractivity contribution in [3.05, 3.63) is 48.0 Å². The van der Waals surface area contributed by atoms with E-state index in [1.807, 2.05) is 0 Å². The van der Waals surface area contributed by atoms with Gasteiger partial charge in [-0.05, 0) is 62.1 Å². The van der Waals surface area contributed by atoms with E-state index in [9.17, 15) is 63.0 Å². The molecule has 1 heterocycles. The van der Waals surface area contributed by atoms with Gasteiger partial charge in [-0.1, -0.05) is 39.8 Å². The number of aromatic hydroxyl groups is 1. The van der Waals surface area contributed by atoms with Crippen LogP contribution in [0.5, 0.6) is 5.75 Å². The van der Waals surface area contributed by atoms with Crippen LogP contribution in [0.2, 0.25) is 0 Å². The van der Waals surface area contributed by atoms with E-state index in [1.54, 1.807) is 13.8 Å². The molecule has 9 atom stereocenters. The Balaban J connectivity index is 2.35. The van der Waals surface area contributed by atoms with Gasteiger partial charge in [0.1, 0.15) is 54.1 Å². The molecule has 0 fully saturated rings. The Morgan fingerprint density at radius 2 is 1.18 bits per heavy atom. The summed E-state index contributed by atoms with van der Waals surface area (Å²) in [7, 11) is 0. The first-order valence-corrected chi connectivity index (χ1v) is 25.1. The Morgan fingerprint density at radius 3 is 1.73 bits per heavy atom. The number of carboxylic acid groups (broad SMARTS) is 2. The van der Waals surface area contributed by atoms with E-state index in [2.05, 4.69) is 70.1 Å². The first-order valence-electron chi connectivity index (χ1n) is 24.4. The number of amides is 9. The predicted octanol–water partition coefficient (Wildman–Crippen LogP) is -4.36. The number of nitrogens with zero attached hydrogens (tertiary/aromatic N) is 2. The Hall–Kier alpha value is -8.02. The van der Waals surface area contributed by atoms with Crippen LogP contribution in [0.25, 0.3) is 0 Å². The molecule has 0 aliphatic heterocycles. The number of imidazole rings is 1. The molecule has 0 saturated heterocycles. The van der Waals surface area contributed by atoms with Crippen LogP contribution in [-0.2, 0) is 65.6 Å². The number of carboxylic acids is 2. The minimum Gasteiger partial charge on any atom is -0.508 e. The van der Waals surface area contributed by atoms with Gasteiger partial charge in [-0.15, -0.1) is 0 Å². The molecule has 0 unspecified atom stereocenters. The van der Waals surface area contributed by atoms with Crippen LogP contribution < -0.4 is 65.5 Å². The van der Waals surface area contributed by atoms with Gasteiger partial charge in [-0.3, -0.25) is 52.9 Å². The van der Waals surface area contributed by atoms with Gasteiger partial charge in [0.15, 0.2) is 5.96 Å². The summed E-state index contributed by atoms with van der Waals surface area (Å²) < 4.78 is 0. The monoisotopic (exact) mass is 1100 g/mol. The predicted molar refractivity (Wildman–Crippen MR) is 280 cm³/mol. The molecule has 0 spiro atoms. The number of phenols is 1. The highest BCUT2D eigenvalue weighted by atomic mass is 32.1. The zero-order chi connectivity index (χ0) is 58.1. The Kier molecular flexibility index (Phi) is 27.4. The summed E-state index contributed by atoms with van der Waals surface area (Å²) in [6.45, 7) is 7.80. The SMILES string of the molecule is CC(C)C[C@H](NC(=O)[C@H](CS)NC(=O)[C@H](Cc1cnc[nH]1)NC(=O)[C@H](CCCN=C(N)N)NC(=O)[C@H](C)NC(=O)[C@H](CC(N)=O)NC(=O)[C@@H](NC(=O)[C@H](Cc1ccc(O)cc1)NC(=O)[C@@H](N)CCC(=O)O)C(C)C)C(=O)O. The number of carbonyl (C=O) groups is 11. The van der Waals surface area contributed by atoms with Crippen LogP contribution in [0.1, 0.15) is 84.4 Å². The normalized spacial score (nSPS) is 14.6. The Morgan fingerprint density at radius 1 is 0.649 bits per heavy atom. The molecule has 29 nitrogen and oxygen atoms in total. The molecule has 2 rings (SSSR count). The average molecular weight is 1100 g/mol. The van der Waals surface area contributed by atoms with Gasteiger partial charge in [-0.2, -0.15) is 12.6 Å². The molecule has 426 valence electrons. The fourth-order valence-electron chi connectivity index (χ4n) is 7.20. The van der Waals surface area contributed by atoms with Gasteiger partial charge in [0, 0.05) is 43.5 Å². The largest absolute Gasteiger partial charge is 0.508 e. The Labute approximate surface area is 449 Å². The lowest BCUT2D eigenvalue weighted by atomic mass is 9.99. The van der Waals surface area contributed by atoms with E-state index in [1.165, 1.54) is 57.6 Å². The van der Waals surface area contributed by atoms with Crippen molar-refractivity contribution in [3.63, 3.8) is 0 Å². The lowest BCUT2D eigenvalue weighted by Gasteiger charge is -2.28. The molecule has 1 aromatic heterocycles. The summed E-state index contributed by atoms with van der Waals surface area (Å²) in [5.74, 6) is -12.6. The van der Waals surface area contributed by atoms with Crippen LogP contribution in [0.4, 0.5) is 0 Å².